The molecule has 1 aliphatic heterocycles. The Morgan fingerprint density at radius 3 is 2.45 bits per heavy atom. The molecule has 1 aromatic carbocycles. The molecule has 1 heterocycles. The predicted octanol–water partition coefficient (Wildman–Crippen LogP) is 2.04. The average Bonchev–Trinajstić information content (AvgIpc) is 2.38. The van der Waals surface area contributed by atoms with Crippen molar-refractivity contribution in [1.82, 2.24) is 4.90 Å². The summed E-state index contributed by atoms with van der Waals surface area (Å²) in [6, 6.07) is 3.73. The first kappa shape index (κ1) is 14.9. The molecule has 1 saturated heterocycles. The quantitative estimate of drug-likeness (QED) is 0.850. The summed E-state index contributed by atoms with van der Waals surface area (Å²) in [5.74, 6) is -1.50. The zero-order valence-corrected chi connectivity index (χ0v) is 11.8. The summed E-state index contributed by atoms with van der Waals surface area (Å²) in [6.07, 6.45) is 0.209. The number of hydrogen-bond donors (Lipinski definition) is 1. The van der Waals surface area contributed by atoms with Crippen LogP contribution in [0.4, 0.5) is 4.39 Å². The van der Waals surface area contributed by atoms with Gasteiger partial charge in [0.1, 0.15) is 11.4 Å². The number of carbonyl (C=O) groups excluding carboxylic acids is 2. The van der Waals surface area contributed by atoms with Crippen molar-refractivity contribution >= 4 is 23.3 Å². The molecule has 1 aromatic rings. The topological polar surface area (TPSA) is 57.6 Å². The molecule has 0 radical (unpaired) electrons. The van der Waals surface area contributed by atoms with Gasteiger partial charge in [-0.15, -0.1) is 0 Å². The fourth-order valence-corrected chi connectivity index (χ4v) is 2.50. The Bertz CT molecular complexity index is 553. The molecular weight excluding hydrogens is 285 g/mol. The molecule has 0 atom stereocenters. The van der Waals surface area contributed by atoms with Crippen molar-refractivity contribution in [3.05, 3.63) is 34.6 Å². The molecule has 1 fully saturated rings. The van der Waals surface area contributed by atoms with Gasteiger partial charge in [-0.05, 0) is 18.2 Å². The summed E-state index contributed by atoms with van der Waals surface area (Å²) < 4.78 is 13.7. The standard InChI is InChI=1S/C14H15ClFNO3/c1-9(18)17-6-4-14(20,5-7-17)13(19)11-3-2-10(15)8-12(11)16/h2-3,8,20H,4-7H2,1H3. The number of amides is 1. The second-order valence-electron chi connectivity index (χ2n) is 4.99. The van der Waals surface area contributed by atoms with Crippen LogP contribution >= 0.6 is 11.6 Å². The van der Waals surface area contributed by atoms with E-state index in [-0.39, 0.29) is 42.4 Å². The number of rotatable bonds is 2. The smallest absolute Gasteiger partial charge is 0.219 e. The lowest BCUT2D eigenvalue weighted by Gasteiger charge is -2.36. The molecule has 108 valence electrons. The summed E-state index contributed by atoms with van der Waals surface area (Å²) in [4.78, 5) is 25.1. The van der Waals surface area contributed by atoms with E-state index in [1.54, 1.807) is 4.90 Å². The van der Waals surface area contributed by atoms with Crippen molar-refractivity contribution in [2.45, 2.75) is 25.4 Å². The Morgan fingerprint density at radius 1 is 1.35 bits per heavy atom. The highest BCUT2D eigenvalue weighted by atomic mass is 35.5. The van der Waals surface area contributed by atoms with E-state index in [9.17, 15) is 19.1 Å². The van der Waals surface area contributed by atoms with Gasteiger partial charge in [0.2, 0.25) is 5.91 Å². The Morgan fingerprint density at radius 2 is 1.95 bits per heavy atom. The van der Waals surface area contributed by atoms with Crippen LogP contribution in [0, 0.1) is 5.82 Å². The van der Waals surface area contributed by atoms with Crippen molar-refractivity contribution < 1.29 is 19.1 Å². The van der Waals surface area contributed by atoms with E-state index in [1.807, 2.05) is 0 Å². The minimum atomic E-state index is -1.62. The molecule has 0 spiro atoms. The number of aliphatic hydroxyl groups is 1. The van der Waals surface area contributed by atoms with E-state index in [0.717, 1.165) is 6.07 Å². The van der Waals surface area contributed by atoms with Crippen LogP contribution in [-0.2, 0) is 4.79 Å². The predicted molar refractivity (Wildman–Crippen MR) is 72.2 cm³/mol. The van der Waals surface area contributed by atoms with E-state index in [2.05, 4.69) is 0 Å². The van der Waals surface area contributed by atoms with Gasteiger partial charge in [-0.3, -0.25) is 9.59 Å². The van der Waals surface area contributed by atoms with Gasteiger partial charge in [0, 0.05) is 37.9 Å². The van der Waals surface area contributed by atoms with E-state index in [4.69, 9.17) is 11.6 Å². The van der Waals surface area contributed by atoms with Crippen LogP contribution in [0.25, 0.3) is 0 Å². The summed E-state index contributed by atoms with van der Waals surface area (Å²) in [7, 11) is 0. The van der Waals surface area contributed by atoms with Crippen LogP contribution in [-0.4, -0.2) is 40.4 Å². The van der Waals surface area contributed by atoms with Gasteiger partial charge in [0.15, 0.2) is 5.78 Å². The molecule has 6 heteroatoms. The summed E-state index contributed by atoms with van der Waals surface area (Å²) in [6.45, 7) is 2.00. The Balaban J connectivity index is 2.19. The van der Waals surface area contributed by atoms with Crippen molar-refractivity contribution in [2.24, 2.45) is 0 Å². The van der Waals surface area contributed by atoms with Gasteiger partial charge >= 0.3 is 0 Å². The third kappa shape index (κ3) is 2.83. The Kier molecular flexibility index (Phi) is 4.11. The highest BCUT2D eigenvalue weighted by Crippen LogP contribution is 2.28. The molecule has 1 amide bonds. The molecule has 0 aliphatic carbocycles. The number of piperidine rings is 1. The van der Waals surface area contributed by atoms with Crippen LogP contribution in [0.2, 0.25) is 5.02 Å². The fourth-order valence-electron chi connectivity index (χ4n) is 2.34. The van der Waals surface area contributed by atoms with Crippen molar-refractivity contribution in [2.75, 3.05) is 13.1 Å². The highest BCUT2D eigenvalue weighted by molar-refractivity contribution is 6.30. The van der Waals surface area contributed by atoms with Crippen molar-refractivity contribution in [3.63, 3.8) is 0 Å². The van der Waals surface area contributed by atoms with Crippen molar-refractivity contribution in [3.8, 4) is 0 Å². The van der Waals surface area contributed by atoms with E-state index in [0.29, 0.717) is 0 Å². The van der Waals surface area contributed by atoms with Gasteiger partial charge in [-0.25, -0.2) is 4.39 Å². The van der Waals surface area contributed by atoms with Crippen LogP contribution in [0.15, 0.2) is 18.2 Å². The molecular formula is C14H15ClFNO3. The lowest BCUT2D eigenvalue weighted by molar-refractivity contribution is -0.132. The third-order valence-corrected chi connectivity index (χ3v) is 3.87. The van der Waals surface area contributed by atoms with E-state index < -0.39 is 17.2 Å². The number of hydrogen-bond acceptors (Lipinski definition) is 3. The molecule has 0 aromatic heterocycles. The van der Waals surface area contributed by atoms with Crippen LogP contribution in [0.3, 0.4) is 0 Å². The number of nitrogens with zero attached hydrogens (tertiary/aromatic N) is 1. The Labute approximate surface area is 121 Å². The second kappa shape index (κ2) is 5.50. The molecule has 2 rings (SSSR count). The van der Waals surface area contributed by atoms with E-state index >= 15 is 0 Å². The summed E-state index contributed by atoms with van der Waals surface area (Å²) in [5, 5.41) is 10.6. The first-order valence-corrected chi connectivity index (χ1v) is 6.69. The zero-order chi connectivity index (χ0) is 14.9. The maximum Gasteiger partial charge on any atom is 0.219 e. The lowest BCUT2D eigenvalue weighted by atomic mass is 9.84. The number of halogens is 2. The molecule has 0 unspecified atom stereocenters. The third-order valence-electron chi connectivity index (χ3n) is 3.63. The second-order valence-corrected chi connectivity index (χ2v) is 5.43. The molecule has 1 N–H and O–H groups in total. The Hall–Kier alpha value is -1.46. The van der Waals surface area contributed by atoms with Gasteiger partial charge in [-0.2, -0.15) is 0 Å². The summed E-state index contributed by atoms with van der Waals surface area (Å²) in [5.41, 5.74) is -1.80. The number of ketones is 1. The molecule has 0 bridgehead atoms. The summed E-state index contributed by atoms with van der Waals surface area (Å²) >= 11 is 5.64. The van der Waals surface area contributed by atoms with Gasteiger partial charge < -0.3 is 10.0 Å². The highest BCUT2D eigenvalue weighted by Gasteiger charge is 2.41. The average molecular weight is 300 g/mol. The van der Waals surface area contributed by atoms with Gasteiger partial charge in [0.25, 0.3) is 0 Å². The SMILES string of the molecule is CC(=O)N1CCC(O)(C(=O)c2ccc(Cl)cc2F)CC1. The largest absolute Gasteiger partial charge is 0.382 e. The van der Waals surface area contributed by atoms with Crippen LogP contribution < -0.4 is 0 Å². The van der Waals surface area contributed by atoms with Gasteiger partial charge in [-0.1, -0.05) is 11.6 Å². The van der Waals surface area contributed by atoms with Crippen LogP contribution in [0.1, 0.15) is 30.1 Å². The van der Waals surface area contributed by atoms with Crippen molar-refractivity contribution in [1.29, 1.82) is 0 Å². The van der Waals surface area contributed by atoms with E-state index in [1.165, 1.54) is 19.1 Å². The van der Waals surface area contributed by atoms with Gasteiger partial charge in [0.05, 0.1) is 5.56 Å². The first-order chi connectivity index (χ1) is 9.33. The minimum absolute atomic E-state index is 0.0998. The number of carbonyl (C=O) groups is 2. The first-order valence-electron chi connectivity index (χ1n) is 6.31. The van der Waals surface area contributed by atoms with Crippen LogP contribution in [0.5, 0.6) is 0 Å². The monoisotopic (exact) mass is 299 g/mol. The number of benzene rings is 1. The lowest BCUT2D eigenvalue weighted by Crippen LogP contribution is -2.50. The molecule has 20 heavy (non-hydrogen) atoms. The fraction of sp³-hybridized carbons (Fsp3) is 0.429. The number of likely N-dealkylation sites (tertiary alicyclic amines) is 1. The zero-order valence-electron chi connectivity index (χ0n) is 11.0. The molecule has 1 aliphatic rings. The number of Topliss-reactive ketones (excluding diaryl/α,β-unsaturated/α-hetero) is 1. The minimum Gasteiger partial charge on any atom is -0.382 e. The maximum absolute atomic E-state index is 13.7. The molecule has 4 nitrogen and oxygen atoms in total. The maximum atomic E-state index is 13.7. The molecule has 0 saturated carbocycles. The normalized spacial score (nSPS) is 17.9.